The van der Waals surface area contributed by atoms with Crippen LogP contribution >= 0.6 is 0 Å². The van der Waals surface area contributed by atoms with Gasteiger partial charge in [0, 0.05) is 5.56 Å². The third-order valence-electron chi connectivity index (χ3n) is 1.80. The zero-order valence-corrected chi connectivity index (χ0v) is 13.1. The minimum Gasteiger partial charge on any atom is -0.445 e. The monoisotopic (exact) mass is 266 g/mol. The van der Waals surface area contributed by atoms with Crippen molar-refractivity contribution in [2.45, 2.75) is 19.4 Å². The molecule has 6 heteroatoms. The van der Waals surface area contributed by atoms with Crippen molar-refractivity contribution in [3.63, 3.8) is 0 Å². The SMILES string of the molecule is CC(C)(O)C#Cc1ccc([B-](F)(F)F)cc1.[K+]. The predicted molar refractivity (Wildman–Crippen MR) is 58.3 cm³/mol. The van der Waals surface area contributed by atoms with E-state index in [1.165, 1.54) is 26.0 Å². The average Bonchev–Trinajstić information content (AvgIpc) is 2.13. The van der Waals surface area contributed by atoms with E-state index in [0.29, 0.717) is 5.56 Å². The van der Waals surface area contributed by atoms with Crippen LogP contribution in [0.5, 0.6) is 0 Å². The van der Waals surface area contributed by atoms with Crippen molar-refractivity contribution in [1.29, 1.82) is 0 Å². The van der Waals surface area contributed by atoms with E-state index in [4.69, 9.17) is 0 Å². The van der Waals surface area contributed by atoms with Crippen LogP contribution in [0.15, 0.2) is 24.3 Å². The van der Waals surface area contributed by atoms with Crippen LogP contribution in [-0.4, -0.2) is 17.7 Å². The fourth-order valence-electron chi connectivity index (χ4n) is 1.01. The summed E-state index contributed by atoms with van der Waals surface area (Å²) in [6, 6.07) is 4.58. The Morgan fingerprint density at radius 1 is 1.12 bits per heavy atom. The second-order valence-corrected chi connectivity index (χ2v) is 4.01. The van der Waals surface area contributed by atoms with Gasteiger partial charge < -0.3 is 18.1 Å². The largest absolute Gasteiger partial charge is 1.00 e. The van der Waals surface area contributed by atoms with Crippen molar-refractivity contribution in [1.82, 2.24) is 0 Å². The van der Waals surface area contributed by atoms with Gasteiger partial charge in [-0.1, -0.05) is 24.0 Å². The van der Waals surface area contributed by atoms with Crippen molar-refractivity contribution >= 4 is 12.4 Å². The summed E-state index contributed by atoms with van der Waals surface area (Å²) < 4.78 is 36.8. The van der Waals surface area contributed by atoms with Gasteiger partial charge in [-0.05, 0) is 26.0 Å². The standard InChI is InChI=1S/C11H11BF3O.K/c1-11(2,16)8-7-9-3-5-10(6-4-9)12(13,14)15;/h3-6,16H,1-2H3;/q-1;+1. The van der Waals surface area contributed by atoms with Gasteiger partial charge in [0.2, 0.25) is 0 Å². The molecule has 1 aromatic carbocycles. The van der Waals surface area contributed by atoms with Crippen LogP contribution in [0.1, 0.15) is 19.4 Å². The molecule has 0 unspecified atom stereocenters. The van der Waals surface area contributed by atoms with E-state index in [1.54, 1.807) is 0 Å². The van der Waals surface area contributed by atoms with Gasteiger partial charge in [0.1, 0.15) is 5.60 Å². The van der Waals surface area contributed by atoms with E-state index >= 15 is 0 Å². The Balaban J connectivity index is 0.00000256. The molecule has 0 bridgehead atoms. The van der Waals surface area contributed by atoms with Gasteiger partial charge >= 0.3 is 58.4 Å². The van der Waals surface area contributed by atoms with Gasteiger partial charge in [0.15, 0.2) is 0 Å². The molecular formula is C11H11BF3KO. The first kappa shape index (κ1) is 17.2. The van der Waals surface area contributed by atoms with Gasteiger partial charge in [-0.2, -0.15) is 0 Å². The molecule has 86 valence electrons. The summed E-state index contributed by atoms with van der Waals surface area (Å²) in [6.07, 6.45) is 0. The van der Waals surface area contributed by atoms with Gasteiger partial charge in [0.05, 0.1) is 0 Å². The minimum absolute atomic E-state index is 0. The third kappa shape index (κ3) is 6.65. The first-order chi connectivity index (χ1) is 7.18. The van der Waals surface area contributed by atoms with Crippen molar-refractivity contribution in [3.8, 4) is 11.8 Å². The van der Waals surface area contributed by atoms with Crippen LogP contribution < -0.4 is 56.8 Å². The summed E-state index contributed by atoms with van der Waals surface area (Å²) in [5.74, 6) is 5.13. The van der Waals surface area contributed by atoms with Crippen LogP contribution in [0, 0.1) is 11.8 Å². The van der Waals surface area contributed by atoms with E-state index in [1.807, 2.05) is 0 Å². The first-order valence-corrected chi connectivity index (χ1v) is 4.74. The molecule has 0 aliphatic rings. The van der Waals surface area contributed by atoms with E-state index in [0.717, 1.165) is 12.1 Å². The molecule has 0 saturated carbocycles. The molecule has 0 amide bonds. The van der Waals surface area contributed by atoms with Gasteiger partial charge in [0.25, 0.3) is 0 Å². The quantitative estimate of drug-likeness (QED) is 0.503. The Hall–Kier alpha value is 0.231. The second-order valence-electron chi connectivity index (χ2n) is 4.01. The van der Waals surface area contributed by atoms with Crippen LogP contribution in [0.3, 0.4) is 0 Å². The van der Waals surface area contributed by atoms with Gasteiger partial charge in [-0.15, -0.1) is 5.46 Å². The van der Waals surface area contributed by atoms with Crippen LogP contribution in [0.25, 0.3) is 0 Å². The van der Waals surface area contributed by atoms with Crippen molar-refractivity contribution < 1.29 is 69.4 Å². The molecule has 0 aromatic heterocycles. The molecule has 0 radical (unpaired) electrons. The zero-order valence-electron chi connectivity index (χ0n) is 9.97. The molecule has 1 rings (SSSR count). The van der Waals surface area contributed by atoms with E-state index < -0.39 is 18.0 Å². The Morgan fingerprint density at radius 2 is 1.59 bits per heavy atom. The molecule has 17 heavy (non-hydrogen) atoms. The average molecular weight is 266 g/mol. The molecule has 0 saturated heterocycles. The van der Waals surface area contributed by atoms with Crippen LogP contribution in [0.2, 0.25) is 0 Å². The Bertz CT molecular complexity index is 423. The molecule has 1 N–H and O–H groups in total. The minimum atomic E-state index is -4.95. The summed E-state index contributed by atoms with van der Waals surface area (Å²) in [7, 11) is 0. The molecule has 0 heterocycles. The Morgan fingerprint density at radius 3 is 1.94 bits per heavy atom. The number of benzene rings is 1. The molecule has 0 fully saturated rings. The number of rotatable bonds is 1. The van der Waals surface area contributed by atoms with Crippen LogP contribution in [0.4, 0.5) is 12.9 Å². The Labute approximate surface area is 141 Å². The Kier molecular flexibility index (Phi) is 6.50. The molecule has 1 nitrogen and oxygen atoms in total. The predicted octanol–water partition coefficient (Wildman–Crippen LogP) is -1.13. The molecule has 0 spiro atoms. The third-order valence-corrected chi connectivity index (χ3v) is 1.80. The zero-order chi connectivity index (χ0) is 12.4. The normalized spacial score (nSPS) is 11.2. The van der Waals surface area contributed by atoms with Crippen molar-refractivity contribution in [3.05, 3.63) is 29.8 Å². The van der Waals surface area contributed by atoms with E-state index in [2.05, 4.69) is 11.8 Å². The van der Waals surface area contributed by atoms with Gasteiger partial charge in [-0.25, -0.2) is 0 Å². The smallest absolute Gasteiger partial charge is 0.445 e. The molecule has 1 aromatic rings. The summed E-state index contributed by atoms with van der Waals surface area (Å²) in [6.45, 7) is -1.94. The maximum absolute atomic E-state index is 12.3. The number of aliphatic hydroxyl groups is 1. The first-order valence-electron chi connectivity index (χ1n) is 4.74. The summed E-state index contributed by atoms with van der Waals surface area (Å²) >= 11 is 0. The van der Waals surface area contributed by atoms with E-state index in [9.17, 15) is 18.1 Å². The second kappa shape index (κ2) is 6.41. The number of hydrogen-bond donors (Lipinski definition) is 1. The van der Waals surface area contributed by atoms with Crippen molar-refractivity contribution in [2.24, 2.45) is 0 Å². The summed E-state index contributed by atoms with van der Waals surface area (Å²) in [4.78, 5) is 0. The summed E-state index contributed by atoms with van der Waals surface area (Å²) in [5, 5.41) is 9.31. The maximum atomic E-state index is 12.3. The maximum Gasteiger partial charge on any atom is 1.00 e. The van der Waals surface area contributed by atoms with Gasteiger partial charge in [-0.3, -0.25) is 0 Å². The van der Waals surface area contributed by atoms with Crippen LogP contribution in [-0.2, 0) is 0 Å². The number of hydrogen-bond acceptors (Lipinski definition) is 1. The summed E-state index contributed by atoms with van der Waals surface area (Å²) in [5.41, 5.74) is -1.34. The fraction of sp³-hybridized carbons (Fsp3) is 0.273. The molecule has 0 atom stereocenters. The van der Waals surface area contributed by atoms with Crippen molar-refractivity contribution in [2.75, 3.05) is 0 Å². The molecule has 0 aliphatic carbocycles. The fourth-order valence-corrected chi connectivity index (χ4v) is 1.01. The number of halogens is 3. The topological polar surface area (TPSA) is 20.2 Å². The molecule has 0 aliphatic heterocycles. The van der Waals surface area contributed by atoms with E-state index in [-0.39, 0.29) is 51.4 Å². The molecular weight excluding hydrogens is 255 g/mol.